The van der Waals surface area contributed by atoms with Gasteiger partial charge in [-0.2, -0.15) is 17.5 Å². The molecule has 4 rings (SSSR count). The fourth-order valence-electron chi connectivity index (χ4n) is 4.57. The quantitative estimate of drug-likeness (QED) is 0.226. The molecule has 0 amide bonds. The summed E-state index contributed by atoms with van der Waals surface area (Å²) >= 11 is 0. The van der Waals surface area contributed by atoms with Gasteiger partial charge < -0.3 is 5.32 Å². The zero-order valence-corrected chi connectivity index (χ0v) is 22.7. The van der Waals surface area contributed by atoms with Crippen molar-refractivity contribution in [1.29, 1.82) is 0 Å². The lowest BCUT2D eigenvalue weighted by molar-refractivity contribution is -0.137. The largest absolute Gasteiger partial charge is 0.416 e. The van der Waals surface area contributed by atoms with Crippen LogP contribution < -0.4 is 5.32 Å². The van der Waals surface area contributed by atoms with Gasteiger partial charge in [-0.15, -0.1) is 0 Å². The number of sulfonamides is 1. The van der Waals surface area contributed by atoms with Crippen molar-refractivity contribution >= 4 is 21.8 Å². The molecule has 0 saturated carbocycles. The van der Waals surface area contributed by atoms with E-state index in [1.54, 1.807) is 6.07 Å². The summed E-state index contributed by atoms with van der Waals surface area (Å²) in [5.74, 6) is -0.523. The van der Waals surface area contributed by atoms with Crippen LogP contribution in [0.3, 0.4) is 0 Å². The summed E-state index contributed by atoms with van der Waals surface area (Å²) in [6.07, 6.45) is -1.55. The highest BCUT2D eigenvalue weighted by Gasteiger charge is 2.39. The predicted octanol–water partition coefficient (Wildman–Crippen LogP) is 5.87. The van der Waals surface area contributed by atoms with Crippen LogP contribution in [0.4, 0.5) is 23.5 Å². The van der Waals surface area contributed by atoms with Gasteiger partial charge in [0.1, 0.15) is 5.82 Å². The third kappa shape index (κ3) is 7.03. The van der Waals surface area contributed by atoms with Crippen molar-refractivity contribution in [3.63, 3.8) is 0 Å². The maximum absolute atomic E-state index is 13.3. The number of nitrogens with one attached hydrogen (secondary N) is 1. The first kappa shape index (κ1) is 29.6. The molecule has 1 atom stereocenters. The number of nitrogens with zero attached hydrogens (tertiary/aromatic N) is 3. The topological polar surface area (TPSA) is 92.3 Å². The smallest absolute Gasteiger partial charge is 0.354 e. The van der Waals surface area contributed by atoms with Crippen molar-refractivity contribution in [2.24, 2.45) is 0 Å². The second-order valence-corrected chi connectivity index (χ2v) is 11.5. The number of ketones is 1. The van der Waals surface area contributed by atoms with E-state index >= 15 is 0 Å². The number of anilines is 1. The molecule has 1 aliphatic heterocycles. The van der Waals surface area contributed by atoms with Gasteiger partial charge in [0.25, 0.3) is 0 Å². The van der Waals surface area contributed by atoms with Gasteiger partial charge in [0.05, 0.1) is 22.2 Å². The Morgan fingerprint density at radius 2 is 1.77 bits per heavy atom. The number of carbonyl (C=O) groups is 1. The van der Waals surface area contributed by atoms with Crippen LogP contribution in [0.15, 0.2) is 59.5 Å². The van der Waals surface area contributed by atoms with Gasteiger partial charge in [0.15, 0.2) is 5.78 Å². The first-order valence-electron chi connectivity index (χ1n) is 13.1. The minimum absolute atomic E-state index is 0.0119. The molecular formula is C28H30F4N4O3S. The van der Waals surface area contributed by atoms with Gasteiger partial charge in [0, 0.05) is 30.8 Å². The van der Waals surface area contributed by atoms with E-state index < -0.39 is 33.6 Å². The molecule has 214 valence electrons. The van der Waals surface area contributed by atoms with Crippen LogP contribution >= 0.6 is 0 Å². The number of benzene rings is 2. The normalized spacial score (nSPS) is 16.3. The predicted molar refractivity (Wildman–Crippen MR) is 143 cm³/mol. The van der Waals surface area contributed by atoms with Crippen molar-refractivity contribution in [2.75, 3.05) is 18.4 Å². The highest BCUT2D eigenvalue weighted by Crippen LogP contribution is 2.31. The van der Waals surface area contributed by atoms with Crippen molar-refractivity contribution in [1.82, 2.24) is 14.3 Å². The second kappa shape index (κ2) is 12.4. The average Bonchev–Trinajstić information content (AvgIpc) is 3.43. The van der Waals surface area contributed by atoms with Crippen molar-refractivity contribution in [3.05, 3.63) is 71.7 Å². The highest BCUT2D eigenvalue weighted by atomic mass is 32.2. The Labute approximate surface area is 230 Å². The molecule has 7 nitrogen and oxygen atoms in total. The summed E-state index contributed by atoms with van der Waals surface area (Å²) in [5, 5.41) is 3.12. The molecule has 0 unspecified atom stereocenters. The van der Waals surface area contributed by atoms with Crippen LogP contribution in [0.1, 0.15) is 50.3 Å². The Hall–Kier alpha value is -3.38. The molecule has 0 spiro atoms. The molecule has 2 heterocycles. The molecule has 1 aromatic heterocycles. The lowest BCUT2D eigenvalue weighted by atomic mass is 10.0. The fourth-order valence-corrected chi connectivity index (χ4v) is 6.25. The second-order valence-electron chi connectivity index (χ2n) is 9.62. The monoisotopic (exact) mass is 578 g/mol. The number of Topliss-reactive ketones (excluding diaryl/α,β-unsaturated/α-hetero) is 1. The summed E-state index contributed by atoms with van der Waals surface area (Å²) < 4.78 is 79.8. The minimum atomic E-state index is -4.46. The van der Waals surface area contributed by atoms with Gasteiger partial charge in [-0.3, -0.25) is 4.79 Å². The third-order valence-corrected chi connectivity index (χ3v) is 8.65. The molecule has 1 aliphatic rings. The van der Waals surface area contributed by atoms with Crippen molar-refractivity contribution in [3.8, 4) is 11.3 Å². The number of hydrogen-bond donors (Lipinski definition) is 1. The van der Waals surface area contributed by atoms with Crippen molar-refractivity contribution < 1.29 is 30.8 Å². The number of aryl methyl sites for hydroxylation is 1. The minimum Gasteiger partial charge on any atom is -0.354 e. The summed E-state index contributed by atoms with van der Waals surface area (Å²) in [4.78, 5) is 22.1. The molecule has 0 bridgehead atoms. The van der Waals surface area contributed by atoms with Gasteiger partial charge >= 0.3 is 6.18 Å². The molecule has 0 radical (unpaired) electrons. The van der Waals surface area contributed by atoms with Gasteiger partial charge in [-0.25, -0.2) is 22.8 Å². The van der Waals surface area contributed by atoms with Crippen LogP contribution in [0, 0.1) is 5.82 Å². The van der Waals surface area contributed by atoms with Gasteiger partial charge in [-0.1, -0.05) is 25.5 Å². The van der Waals surface area contributed by atoms with Crippen LogP contribution in [-0.4, -0.2) is 47.6 Å². The Kier molecular flexibility index (Phi) is 9.19. The Balaban J connectivity index is 1.52. The number of carbonyl (C=O) groups excluding carboxylic acids is 1. The first-order valence-corrected chi connectivity index (χ1v) is 14.5. The molecule has 3 aromatic rings. The zero-order valence-electron chi connectivity index (χ0n) is 21.9. The average molecular weight is 579 g/mol. The summed E-state index contributed by atoms with van der Waals surface area (Å²) in [5.41, 5.74) is 0.609. The van der Waals surface area contributed by atoms with Crippen LogP contribution in [-0.2, 0) is 27.4 Å². The lowest BCUT2D eigenvalue weighted by Crippen LogP contribution is -2.40. The van der Waals surface area contributed by atoms with E-state index in [0.717, 1.165) is 37.1 Å². The molecule has 0 aliphatic carbocycles. The number of hydrogen-bond acceptors (Lipinski definition) is 6. The van der Waals surface area contributed by atoms with E-state index in [2.05, 4.69) is 15.3 Å². The lowest BCUT2D eigenvalue weighted by Gasteiger charge is -2.23. The van der Waals surface area contributed by atoms with Gasteiger partial charge in [0.2, 0.25) is 16.0 Å². The standard InChI is InChI=1S/C28H30F4N4O3S/c1-2-3-16-33-27-34-22(18-24(35-27)19-6-8-20(9-7-19)28(30,31)32)12-15-26(37)25-5-4-17-36(25)40(38,39)23-13-10-21(29)11-14-23/h6-11,13-14,18,25H,2-5,12,15-17H2,1H3,(H,33,34,35)/t25-/m0/s1. The SMILES string of the molecule is CCCCNc1nc(CCC(=O)[C@@H]2CCCN2S(=O)(=O)c2ccc(F)cc2)cc(-c2ccc(C(F)(F)F)cc2)n1. The van der Waals surface area contributed by atoms with E-state index in [4.69, 9.17) is 0 Å². The molecule has 2 aromatic carbocycles. The number of alkyl halides is 3. The number of rotatable bonds is 11. The fraction of sp³-hybridized carbons (Fsp3) is 0.393. The van der Waals surface area contributed by atoms with E-state index in [-0.39, 0.29) is 30.1 Å². The zero-order chi connectivity index (χ0) is 28.9. The maximum atomic E-state index is 13.3. The van der Waals surface area contributed by atoms with E-state index in [1.165, 1.54) is 28.6 Å². The van der Waals surface area contributed by atoms with Crippen molar-refractivity contribution in [2.45, 2.75) is 62.6 Å². The molecule has 1 fully saturated rings. The van der Waals surface area contributed by atoms with E-state index in [9.17, 15) is 30.8 Å². The molecule has 12 heteroatoms. The molecule has 40 heavy (non-hydrogen) atoms. The highest BCUT2D eigenvalue weighted by molar-refractivity contribution is 7.89. The van der Waals surface area contributed by atoms with Crippen LogP contribution in [0.25, 0.3) is 11.3 Å². The Morgan fingerprint density at radius 3 is 2.42 bits per heavy atom. The maximum Gasteiger partial charge on any atom is 0.416 e. The third-order valence-electron chi connectivity index (χ3n) is 6.72. The van der Waals surface area contributed by atoms with Crippen LogP contribution in [0.5, 0.6) is 0 Å². The van der Waals surface area contributed by atoms with E-state index in [1.807, 2.05) is 6.92 Å². The molecule has 1 N–H and O–H groups in total. The number of aromatic nitrogens is 2. The summed E-state index contributed by atoms with van der Waals surface area (Å²) in [7, 11) is -3.98. The molecule has 1 saturated heterocycles. The Morgan fingerprint density at radius 1 is 1.07 bits per heavy atom. The Bertz CT molecular complexity index is 1430. The van der Waals surface area contributed by atoms with Gasteiger partial charge in [-0.05, 0) is 68.1 Å². The number of unbranched alkanes of at least 4 members (excludes halogenated alkanes) is 1. The molecular weight excluding hydrogens is 548 g/mol. The summed E-state index contributed by atoms with van der Waals surface area (Å²) in [6, 6.07) is 9.94. The van der Waals surface area contributed by atoms with E-state index in [0.29, 0.717) is 42.3 Å². The van der Waals surface area contributed by atoms with Crippen LogP contribution in [0.2, 0.25) is 0 Å². The number of halogens is 4. The summed E-state index contributed by atoms with van der Waals surface area (Å²) in [6.45, 7) is 2.82. The first-order chi connectivity index (χ1) is 19.0.